The Morgan fingerprint density at radius 1 is 1.07 bits per heavy atom. The summed E-state index contributed by atoms with van der Waals surface area (Å²) in [6.07, 6.45) is 3.72. The molecule has 146 valence electrons. The predicted octanol–water partition coefficient (Wildman–Crippen LogP) is 4.53. The second-order valence-electron chi connectivity index (χ2n) is 7.28. The molecule has 1 aliphatic heterocycles. The van der Waals surface area contributed by atoms with Crippen molar-refractivity contribution in [2.75, 3.05) is 7.11 Å². The van der Waals surface area contributed by atoms with Gasteiger partial charge in [0.1, 0.15) is 17.7 Å². The first kappa shape index (κ1) is 18.7. The number of benzene rings is 2. The molecule has 1 aliphatic carbocycles. The van der Waals surface area contributed by atoms with Gasteiger partial charge in [-0.3, -0.25) is 4.79 Å². The third-order valence-corrected chi connectivity index (χ3v) is 5.51. The summed E-state index contributed by atoms with van der Waals surface area (Å²) in [6, 6.07) is 13.8. The number of ether oxygens (including phenoxy) is 3. The molecule has 3 unspecified atom stereocenters. The number of allylic oxidation sites excluding steroid dienone is 1. The lowest BCUT2D eigenvalue weighted by Crippen LogP contribution is -2.41. The van der Waals surface area contributed by atoms with Gasteiger partial charge in [-0.2, -0.15) is 0 Å². The molecule has 3 atom stereocenters. The molecule has 0 radical (unpaired) electrons. The maximum absolute atomic E-state index is 13.0. The summed E-state index contributed by atoms with van der Waals surface area (Å²) in [7, 11) is 1.62. The van der Waals surface area contributed by atoms with Gasteiger partial charge in [0.25, 0.3) is 0 Å². The summed E-state index contributed by atoms with van der Waals surface area (Å²) in [6.45, 7) is 0.434. The molecular weight excluding hydrogens is 359 g/mol. The van der Waals surface area contributed by atoms with E-state index in [0.29, 0.717) is 18.6 Å². The zero-order valence-corrected chi connectivity index (χ0v) is 15.8. The van der Waals surface area contributed by atoms with E-state index < -0.39 is 0 Å². The van der Waals surface area contributed by atoms with E-state index in [4.69, 9.17) is 14.2 Å². The first-order chi connectivity index (χ1) is 13.6. The largest absolute Gasteiger partial charge is 0.497 e. The number of hydrogen-bond acceptors (Lipinski definition) is 4. The van der Waals surface area contributed by atoms with E-state index in [9.17, 15) is 9.18 Å². The van der Waals surface area contributed by atoms with Gasteiger partial charge in [0.2, 0.25) is 0 Å². The van der Waals surface area contributed by atoms with Crippen LogP contribution in [0.3, 0.4) is 0 Å². The summed E-state index contributed by atoms with van der Waals surface area (Å²) >= 11 is 0. The van der Waals surface area contributed by atoms with Gasteiger partial charge in [-0.05, 0) is 48.2 Å². The first-order valence-corrected chi connectivity index (χ1v) is 9.54. The van der Waals surface area contributed by atoms with Crippen molar-refractivity contribution in [1.29, 1.82) is 0 Å². The summed E-state index contributed by atoms with van der Waals surface area (Å²) in [4.78, 5) is 13.0. The van der Waals surface area contributed by atoms with Crippen LogP contribution in [0.1, 0.15) is 30.4 Å². The molecule has 1 heterocycles. The van der Waals surface area contributed by atoms with Crippen molar-refractivity contribution in [3.63, 3.8) is 0 Å². The van der Waals surface area contributed by atoms with Crippen LogP contribution in [-0.4, -0.2) is 25.1 Å². The molecule has 1 saturated carbocycles. The van der Waals surface area contributed by atoms with Crippen LogP contribution in [0.25, 0.3) is 5.57 Å². The minimum Gasteiger partial charge on any atom is -0.497 e. The normalized spacial score (nSPS) is 24.1. The van der Waals surface area contributed by atoms with E-state index in [1.54, 1.807) is 25.5 Å². The van der Waals surface area contributed by atoms with Crippen LogP contribution < -0.4 is 4.74 Å². The van der Waals surface area contributed by atoms with Crippen molar-refractivity contribution >= 4 is 11.4 Å². The number of rotatable bonds is 5. The number of fused-ring (bicyclic) bond motifs is 1. The van der Waals surface area contributed by atoms with E-state index >= 15 is 0 Å². The van der Waals surface area contributed by atoms with Gasteiger partial charge in [-0.1, -0.05) is 24.3 Å². The van der Waals surface area contributed by atoms with Crippen LogP contribution in [0.4, 0.5) is 4.39 Å². The fourth-order valence-corrected chi connectivity index (χ4v) is 3.88. The number of carbonyl (C=O) groups excluding carboxylic acids is 1. The first-order valence-electron chi connectivity index (χ1n) is 9.54. The van der Waals surface area contributed by atoms with Crippen molar-refractivity contribution in [3.05, 3.63) is 71.7 Å². The molecule has 4 nitrogen and oxygen atoms in total. The molecule has 0 bridgehead atoms. The highest BCUT2D eigenvalue weighted by molar-refractivity contribution is 6.22. The van der Waals surface area contributed by atoms with E-state index in [2.05, 4.69) is 0 Å². The predicted molar refractivity (Wildman–Crippen MR) is 103 cm³/mol. The Kier molecular flexibility index (Phi) is 5.44. The summed E-state index contributed by atoms with van der Waals surface area (Å²) in [5.41, 5.74) is 2.40. The second kappa shape index (κ2) is 8.15. The van der Waals surface area contributed by atoms with Gasteiger partial charge < -0.3 is 14.2 Å². The minimum atomic E-state index is -0.252. The molecule has 28 heavy (non-hydrogen) atoms. The Labute approximate surface area is 163 Å². The average molecular weight is 382 g/mol. The fourth-order valence-electron chi connectivity index (χ4n) is 3.88. The van der Waals surface area contributed by atoms with Crippen LogP contribution in [0.2, 0.25) is 0 Å². The second-order valence-corrected chi connectivity index (χ2v) is 7.28. The molecule has 0 aromatic heterocycles. The van der Waals surface area contributed by atoms with Gasteiger partial charge >= 0.3 is 0 Å². The Morgan fingerprint density at radius 3 is 2.54 bits per heavy atom. The third-order valence-electron chi connectivity index (χ3n) is 5.51. The molecule has 1 fully saturated rings. The minimum absolute atomic E-state index is 0.0371. The van der Waals surface area contributed by atoms with Crippen LogP contribution in [0, 0.1) is 11.7 Å². The van der Waals surface area contributed by atoms with E-state index in [0.717, 1.165) is 29.7 Å². The summed E-state index contributed by atoms with van der Waals surface area (Å²) < 4.78 is 30.1. The molecular formula is C23H23FO4. The van der Waals surface area contributed by atoms with Crippen molar-refractivity contribution in [2.24, 2.45) is 5.92 Å². The molecule has 0 spiro atoms. The molecule has 4 rings (SSSR count). The van der Waals surface area contributed by atoms with Crippen molar-refractivity contribution in [2.45, 2.75) is 38.1 Å². The van der Waals surface area contributed by atoms with Crippen molar-refractivity contribution in [1.82, 2.24) is 0 Å². The van der Waals surface area contributed by atoms with Crippen LogP contribution in [0.15, 0.2) is 54.8 Å². The van der Waals surface area contributed by atoms with Gasteiger partial charge in [0.05, 0.1) is 37.6 Å². The Hall–Kier alpha value is -2.66. The number of Topliss-reactive ketones (excluding diaryl/α,β-unsaturated/α-hetero) is 1. The lowest BCUT2D eigenvalue weighted by molar-refractivity contribution is -0.128. The van der Waals surface area contributed by atoms with Gasteiger partial charge in [0, 0.05) is 6.42 Å². The monoisotopic (exact) mass is 382 g/mol. The highest BCUT2D eigenvalue weighted by atomic mass is 19.1. The lowest BCUT2D eigenvalue weighted by atomic mass is 9.78. The van der Waals surface area contributed by atoms with Crippen LogP contribution in [0.5, 0.6) is 5.75 Å². The zero-order chi connectivity index (χ0) is 19.5. The standard InChI is InChI=1S/C23H23FO4/c1-26-18-8-4-16(5-9-18)21-14-28-22-12-19(10-11-20(22)23(21)25)27-13-15-2-6-17(24)7-3-15/h2-9,14,19-20,22H,10-13H2,1H3. The fraction of sp³-hybridized carbons (Fsp3) is 0.348. The van der Waals surface area contributed by atoms with Crippen molar-refractivity contribution in [3.8, 4) is 5.75 Å². The van der Waals surface area contributed by atoms with Gasteiger partial charge in [-0.25, -0.2) is 4.39 Å². The topological polar surface area (TPSA) is 44.8 Å². The molecule has 2 aromatic carbocycles. The summed E-state index contributed by atoms with van der Waals surface area (Å²) in [5, 5.41) is 0. The number of hydrogen-bond donors (Lipinski definition) is 0. The lowest BCUT2D eigenvalue weighted by Gasteiger charge is -2.37. The molecule has 0 N–H and O–H groups in total. The SMILES string of the molecule is COc1ccc(C2=COC3CC(OCc4ccc(F)cc4)CCC3C2=O)cc1. The van der Waals surface area contributed by atoms with Crippen LogP contribution >= 0.6 is 0 Å². The van der Waals surface area contributed by atoms with E-state index in [-0.39, 0.29) is 29.7 Å². The Bertz CT molecular complexity index is 857. The smallest absolute Gasteiger partial charge is 0.173 e. The molecule has 2 aliphatic rings. The molecule has 0 amide bonds. The Balaban J connectivity index is 1.38. The zero-order valence-electron chi connectivity index (χ0n) is 15.8. The number of halogens is 1. The highest BCUT2D eigenvalue weighted by Gasteiger charge is 2.40. The number of ketones is 1. The van der Waals surface area contributed by atoms with E-state index in [1.807, 2.05) is 24.3 Å². The number of methoxy groups -OCH3 is 1. The number of carbonyl (C=O) groups is 1. The quantitative estimate of drug-likeness (QED) is 0.762. The summed E-state index contributed by atoms with van der Waals surface area (Å²) in [5.74, 6) is 0.509. The van der Waals surface area contributed by atoms with Crippen molar-refractivity contribution < 1.29 is 23.4 Å². The third kappa shape index (κ3) is 3.94. The Morgan fingerprint density at radius 2 is 1.82 bits per heavy atom. The highest BCUT2D eigenvalue weighted by Crippen LogP contribution is 2.37. The van der Waals surface area contributed by atoms with Gasteiger partial charge in [-0.15, -0.1) is 0 Å². The van der Waals surface area contributed by atoms with E-state index in [1.165, 1.54) is 12.1 Å². The average Bonchev–Trinajstić information content (AvgIpc) is 2.74. The molecule has 2 aromatic rings. The van der Waals surface area contributed by atoms with Gasteiger partial charge in [0.15, 0.2) is 5.78 Å². The molecule has 5 heteroatoms. The maximum Gasteiger partial charge on any atom is 0.173 e. The molecule has 0 saturated heterocycles. The van der Waals surface area contributed by atoms with Crippen LogP contribution in [-0.2, 0) is 20.9 Å². The maximum atomic E-state index is 13.0.